The van der Waals surface area contributed by atoms with E-state index in [1.54, 1.807) is 0 Å². The average molecular weight is 271 g/mol. The summed E-state index contributed by atoms with van der Waals surface area (Å²) in [4.78, 5) is 0. The van der Waals surface area contributed by atoms with Crippen LogP contribution in [0.15, 0.2) is 16.6 Å². The lowest BCUT2D eigenvalue weighted by molar-refractivity contribution is 0.0850. The lowest BCUT2D eigenvalue weighted by Crippen LogP contribution is -2.19. The molecule has 0 spiro atoms. The summed E-state index contributed by atoms with van der Waals surface area (Å²) in [5.41, 5.74) is 1.66. The molecule has 2 nitrogen and oxygen atoms in total. The van der Waals surface area contributed by atoms with Gasteiger partial charge >= 0.3 is 0 Å². The van der Waals surface area contributed by atoms with Gasteiger partial charge in [-0.25, -0.2) is 0 Å². The third kappa shape index (κ3) is 2.52. The Kier molecular flexibility index (Phi) is 2.77. The van der Waals surface area contributed by atoms with Crippen LogP contribution in [0.5, 0.6) is 5.75 Å². The quantitative estimate of drug-likeness (QED) is 0.915. The highest BCUT2D eigenvalue weighted by atomic mass is 79.9. The van der Waals surface area contributed by atoms with Gasteiger partial charge in [-0.15, -0.1) is 0 Å². The summed E-state index contributed by atoms with van der Waals surface area (Å²) < 4.78 is 6.74. The molecule has 0 radical (unpaired) electrons. The highest BCUT2D eigenvalue weighted by Gasteiger charge is 2.41. The van der Waals surface area contributed by atoms with E-state index in [1.165, 1.54) is 0 Å². The summed E-state index contributed by atoms with van der Waals surface area (Å²) in [5.74, 6) is 0.901. The van der Waals surface area contributed by atoms with E-state index in [-0.39, 0.29) is 0 Å². The summed E-state index contributed by atoms with van der Waals surface area (Å²) in [6.07, 6.45) is 1.73. The summed E-state index contributed by atoms with van der Waals surface area (Å²) >= 11 is 3.45. The van der Waals surface area contributed by atoms with E-state index in [1.807, 2.05) is 26.0 Å². The summed E-state index contributed by atoms with van der Waals surface area (Å²) in [5, 5.41) is 9.69. The highest BCUT2D eigenvalue weighted by molar-refractivity contribution is 9.10. The van der Waals surface area contributed by atoms with Crippen LogP contribution in [0.3, 0.4) is 0 Å². The molecule has 0 saturated heterocycles. The van der Waals surface area contributed by atoms with Gasteiger partial charge in [0.15, 0.2) is 0 Å². The van der Waals surface area contributed by atoms with Crippen molar-refractivity contribution in [2.75, 3.05) is 6.61 Å². The maximum atomic E-state index is 9.69. The Labute approximate surface area is 98.4 Å². The molecule has 1 aromatic carbocycles. The van der Waals surface area contributed by atoms with Crippen LogP contribution < -0.4 is 4.74 Å². The van der Waals surface area contributed by atoms with E-state index >= 15 is 0 Å². The fourth-order valence-electron chi connectivity index (χ4n) is 1.62. The van der Waals surface area contributed by atoms with Gasteiger partial charge in [-0.2, -0.15) is 0 Å². The molecule has 3 heteroatoms. The van der Waals surface area contributed by atoms with Crippen molar-refractivity contribution < 1.29 is 9.84 Å². The van der Waals surface area contributed by atoms with Gasteiger partial charge in [-0.1, -0.05) is 15.9 Å². The molecule has 0 unspecified atom stereocenters. The lowest BCUT2D eigenvalue weighted by Gasteiger charge is -2.15. The first-order chi connectivity index (χ1) is 7.00. The van der Waals surface area contributed by atoms with Crippen LogP contribution in [0.25, 0.3) is 0 Å². The Balaban J connectivity index is 2.13. The molecule has 15 heavy (non-hydrogen) atoms. The van der Waals surface area contributed by atoms with Crippen molar-refractivity contribution in [3.63, 3.8) is 0 Å². The van der Waals surface area contributed by atoms with Gasteiger partial charge in [-0.05, 0) is 49.9 Å². The zero-order valence-corrected chi connectivity index (χ0v) is 10.6. The van der Waals surface area contributed by atoms with Gasteiger partial charge in [0.1, 0.15) is 12.4 Å². The first-order valence-electron chi connectivity index (χ1n) is 5.12. The second kappa shape index (κ2) is 3.80. The van der Waals surface area contributed by atoms with Crippen molar-refractivity contribution in [2.24, 2.45) is 0 Å². The minimum atomic E-state index is -0.550. The lowest BCUT2D eigenvalue weighted by atomic mass is 10.1. The molecule has 82 valence electrons. The highest BCUT2D eigenvalue weighted by Crippen LogP contribution is 2.36. The molecule has 0 amide bonds. The largest absolute Gasteiger partial charge is 0.490 e. The van der Waals surface area contributed by atoms with Crippen molar-refractivity contribution >= 4 is 15.9 Å². The molecular formula is C12H15BrO2. The third-order valence-corrected chi connectivity index (χ3v) is 3.20. The van der Waals surface area contributed by atoms with Crippen molar-refractivity contribution in [3.8, 4) is 5.75 Å². The van der Waals surface area contributed by atoms with Crippen LogP contribution in [-0.4, -0.2) is 17.3 Å². The number of aryl methyl sites for hydroxylation is 2. The zero-order valence-electron chi connectivity index (χ0n) is 9.01. The number of rotatable bonds is 3. The number of hydrogen-bond donors (Lipinski definition) is 1. The Morgan fingerprint density at radius 3 is 2.33 bits per heavy atom. The van der Waals surface area contributed by atoms with Crippen LogP contribution in [0.1, 0.15) is 24.0 Å². The van der Waals surface area contributed by atoms with Gasteiger partial charge in [-0.3, -0.25) is 0 Å². The maximum absolute atomic E-state index is 9.69. The van der Waals surface area contributed by atoms with Crippen LogP contribution in [-0.2, 0) is 0 Å². The van der Waals surface area contributed by atoms with Crippen molar-refractivity contribution in [2.45, 2.75) is 32.3 Å². The molecule has 0 heterocycles. The smallest absolute Gasteiger partial charge is 0.125 e. The summed E-state index contributed by atoms with van der Waals surface area (Å²) in [6.45, 7) is 4.45. The fourth-order valence-corrected chi connectivity index (χ4v) is 2.31. The molecule has 1 aliphatic rings. The molecule has 1 N–H and O–H groups in total. The maximum Gasteiger partial charge on any atom is 0.125 e. The van der Waals surface area contributed by atoms with Crippen LogP contribution in [0, 0.1) is 13.8 Å². The molecule has 0 bridgehead atoms. The van der Waals surface area contributed by atoms with Crippen molar-refractivity contribution in [1.82, 2.24) is 0 Å². The van der Waals surface area contributed by atoms with Crippen molar-refractivity contribution in [1.29, 1.82) is 0 Å². The predicted molar refractivity (Wildman–Crippen MR) is 63.3 cm³/mol. The SMILES string of the molecule is Cc1cc(Br)cc(C)c1OCC1(O)CC1. The molecule has 0 aromatic heterocycles. The van der Waals surface area contributed by atoms with Crippen LogP contribution in [0.4, 0.5) is 0 Å². The second-order valence-electron chi connectivity index (χ2n) is 4.38. The van der Waals surface area contributed by atoms with Gasteiger partial charge in [0.05, 0.1) is 5.60 Å². The third-order valence-electron chi connectivity index (χ3n) is 2.74. The van der Waals surface area contributed by atoms with Gasteiger partial charge in [0.25, 0.3) is 0 Å². The van der Waals surface area contributed by atoms with Crippen molar-refractivity contribution in [3.05, 3.63) is 27.7 Å². The number of aliphatic hydroxyl groups is 1. The minimum Gasteiger partial charge on any atom is -0.490 e. The number of benzene rings is 1. The molecule has 0 aliphatic heterocycles. The summed E-state index contributed by atoms with van der Waals surface area (Å²) in [6, 6.07) is 4.05. The monoisotopic (exact) mass is 270 g/mol. The Morgan fingerprint density at radius 2 is 1.87 bits per heavy atom. The van der Waals surface area contributed by atoms with Crippen LogP contribution >= 0.6 is 15.9 Å². The van der Waals surface area contributed by atoms with E-state index in [2.05, 4.69) is 15.9 Å². The Hall–Kier alpha value is -0.540. The van der Waals surface area contributed by atoms with Gasteiger partial charge < -0.3 is 9.84 Å². The van der Waals surface area contributed by atoms with Crippen LogP contribution in [0.2, 0.25) is 0 Å². The van der Waals surface area contributed by atoms with Gasteiger partial charge in [0, 0.05) is 4.47 Å². The van der Waals surface area contributed by atoms with E-state index in [0.717, 1.165) is 34.2 Å². The first-order valence-corrected chi connectivity index (χ1v) is 5.91. The fraction of sp³-hybridized carbons (Fsp3) is 0.500. The van der Waals surface area contributed by atoms with E-state index in [4.69, 9.17) is 4.74 Å². The Bertz CT molecular complexity index is 360. The first kappa shape index (κ1) is 11.0. The molecular weight excluding hydrogens is 256 g/mol. The molecule has 1 aromatic rings. The topological polar surface area (TPSA) is 29.5 Å². The van der Waals surface area contributed by atoms with E-state index < -0.39 is 5.60 Å². The zero-order chi connectivity index (χ0) is 11.1. The average Bonchev–Trinajstić information content (AvgIpc) is 2.82. The molecule has 0 atom stereocenters. The van der Waals surface area contributed by atoms with Gasteiger partial charge in [0.2, 0.25) is 0 Å². The molecule has 1 fully saturated rings. The predicted octanol–water partition coefficient (Wildman–Crippen LogP) is 2.97. The molecule has 1 saturated carbocycles. The van der Waals surface area contributed by atoms with E-state index in [0.29, 0.717) is 6.61 Å². The second-order valence-corrected chi connectivity index (χ2v) is 5.30. The number of halogens is 1. The standard InChI is InChI=1S/C12H15BrO2/c1-8-5-10(13)6-9(2)11(8)15-7-12(14)3-4-12/h5-6,14H,3-4,7H2,1-2H3. The number of hydrogen-bond acceptors (Lipinski definition) is 2. The minimum absolute atomic E-state index is 0.413. The Morgan fingerprint density at radius 1 is 1.33 bits per heavy atom. The summed E-state index contributed by atoms with van der Waals surface area (Å²) in [7, 11) is 0. The molecule has 1 aliphatic carbocycles. The molecule has 2 rings (SSSR count). The normalized spacial score (nSPS) is 17.6. The number of ether oxygens (including phenoxy) is 1. The van der Waals surface area contributed by atoms with E-state index in [9.17, 15) is 5.11 Å².